The number of aromatic amines is 1. The highest BCUT2D eigenvalue weighted by atomic mass is 16.7. The molecule has 1 aliphatic carbocycles. The van der Waals surface area contributed by atoms with Gasteiger partial charge in [-0.3, -0.25) is 14.4 Å². The van der Waals surface area contributed by atoms with Crippen LogP contribution in [0.15, 0.2) is 24.4 Å². The first kappa shape index (κ1) is 18.9. The zero-order valence-electron chi connectivity index (χ0n) is 15.6. The summed E-state index contributed by atoms with van der Waals surface area (Å²) in [6.07, 6.45) is 6.78. The predicted molar refractivity (Wildman–Crippen MR) is 99.2 cm³/mol. The van der Waals surface area contributed by atoms with Crippen LogP contribution in [-0.4, -0.2) is 41.4 Å². The van der Waals surface area contributed by atoms with Gasteiger partial charge in [-0.1, -0.05) is 19.3 Å². The fourth-order valence-corrected chi connectivity index (χ4v) is 3.57. The maximum absolute atomic E-state index is 12.8. The number of carbonyl (C=O) groups excluding carboxylic acids is 3. The molecule has 1 amide bonds. The number of benzene rings is 1. The number of nitrogens with one attached hydrogen (secondary N) is 1. The highest BCUT2D eigenvalue weighted by Crippen LogP contribution is 2.26. The summed E-state index contributed by atoms with van der Waals surface area (Å²) in [5.41, 5.74) is 0.940. The summed E-state index contributed by atoms with van der Waals surface area (Å²) in [5.74, 6) is -1.26. The Morgan fingerprint density at radius 1 is 1.19 bits per heavy atom. The van der Waals surface area contributed by atoms with Gasteiger partial charge in [0.25, 0.3) is 5.78 Å². The number of hydroxylamine groups is 2. The van der Waals surface area contributed by atoms with Gasteiger partial charge in [-0.15, -0.1) is 0 Å². The number of amides is 1. The molecule has 7 heteroatoms. The van der Waals surface area contributed by atoms with Crippen LogP contribution in [0.25, 0.3) is 10.9 Å². The van der Waals surface area contributed by atoms with Crippen LogP contribution in [0.1, 0.15) is 49.4 Å². The minimum atomic E-state index is -0.826. The second-order valence-corrected chi connectivity index (χ2v) is 6.90. The molecular formula is C20H24N2O5. The molecule has 1 aliphatic rings. The van der Waals surface area contributed by atoms with Gasteiger partial charge in [0.15, 0.2) is 0 Å². The van der Waals surface area contributed by atoms with Gasteiger partial charge in [-0.05, 0) is 30.9 Å². The number of methoxy groups -OCH3 is 1. The van der Waals surface area contributed by atoms with E-state index in [1.54, 1.807) is 25.3 Å². The van der Waals surface area contributed by atoms with Crippen LogP contribution in [-0.2, 0) is 14.4 Å². The Hall–Kier alpha value is -2.83. The van der Waals surface area contributed by atoms with E-state index < -0.39 is 17.7 Å². The van der Waals surface area contributed by atoms with Gasteiger partial charge in [0.1, 0.15) is 5.75 Å². The SMILES string of the molecule is COc1ccc2c(C(=O)C(=O)N(CC3CCCCC3)OC(C)=O)c[nH]c2c1. The van der Waals surface area contributed by atoms with Crippen molar-refractivity contribution in [3.05, 3.63) is 30.0 Å². The number of ketones is 1. The Morgan fingerprint density at radius 2 is 1.93 bits per heavy atom. The van der Waals surface area contributed by atoms with Crippen LogP contribution in [0.4, 0.5) is 0 Å². The second-order valence-electron chi connectivity index (χ2n) is 6.90. The van der Waals surface area contributed by atoms with Crippen LogP contribution in [0, 0.1) is 5.92 Å². The van der Waals surface area contributed by atoms with E-state index >= 15 is 0 Å². The van der Waals surface area contributed by atoms with Crippen molar-refractivity contribution in [3.63, 3.8) is 0 Å². The van der Waals surface area contributed by atoms with Gasteiger partial charge in [-0.2, -0.15) is 5.06 Å². The molecule has 1 saturated carbocycles. The molecule has 1 aromatic carbocycles. The Balaban J connectivity index is 1.82. The third kappa shape index (κ3) is 4.30. The van der Waals surface area contributed by atoms with Crippen LogP contribution in [0.3, 0.4) is 0 Å². The third-order valence-corrected chi connectivity index (χ3v) is 4.94. The number of Topliss-reactive ketones (excluding diaryl/α,β-unsaturated/α-hetero) is 1. The van der Waals surface area contributed by atoms with Crippen molar-refractivity contribution in [2.75, 3.05) is 13.7 Å². The molecule has 2 aromatic rings. The molecule has 0 bridgehead atoms. The van der Waals surface area contributed by atoms with E-state index in [1.165, 1.54) is 19.5 Å². The number of carbonyl (C=O) groups is 3. The lowest BCUT2D eigenvalue weighted by Crippen LogP contribution is -2.41. The number of fused-ring (bicyclic) bond motifs is 1. The van der Waals surface area contributed by atoms with Gasteiger partial charge in [0.05, 0.1) is 19.2 Å². The number of aromatic nitrogens is 1. The molecule has 144 valence electrons. The van der Waals surface area contributed by atoms with E-state index in [-0.39, 0.29) is 18.0 Å². The van der Waals surface area contributed by atoms with Gasteiger partial charge in [-0.25, -0.2) is 0 Å². The Morgan fingerprint density at radius 3 is 2.59 bits per heavy atom. The molecule has 0 spiro atoms. The molecule has 0 atom stereocenters. The zero-order chi connectivity index (χ0) is 19.4. The predicted octanol–water partition coefficient (Wildman–Crippen LogP) is 3.25. The first-order valence-electron chi connectivity index (χ1n) is 9.19. The maximum Gasteiger partial charge on any atom is 0.329 e. The molecule has 0 radical (unpaired) electrons. The highest BCUT2D eigenvalue weighted by molar-refractivity contribution is 6.44. The van der Waals surface area contributed by atoms with E-state index in [0.29, 0.717) is 16.7 Å². The largest absolute Gasteiger partial charge is 0.497 e. The average Bonchev–Trinajstić information content (AvgIpc) is 3.09. The lowest BCUT2D eigenvalue weighted by molar-refractivity contribution is -0.195. The Bertz CT molecular complexity index is 851. The number of nitrogens with zero attached hydrogens (tertiary/aromatic N) is 1. The molecule has 7 nitrogen and oxygen atoms in total. The molecule has 1 fully saturated rings. The van der Waals surface area contributed by atoms with Crippen LogP contribution < -0.4 is 4.74 Å². The number of hydrogen-bond acceptors (Lipinski definition) is 5. The van der Waals surface area contributed by atoms with E-state index in [9.17, 15) is 14.4 Å². The van der Waals surface area contributed by atoms with Crippen molar-refractivity contribution in [3.8, 4) is 5.75 Å². The first-order chi connectivity index (χ1) is 13.0. The number of H-pyrrole nitrogens is 1. The van der Waals surface area contributed by atoms with Gasteiger partial charge in [0.2, 0.25) is 0 Å². The molecule has 1 aromatic heterocycles. The van der Waals surface area contributed by atoms with Crippen molar-refractivity contribution >= 4 is 28.6 Å². The molecule has 3 rings (SSSR count). The summed E-state index contributed by atoms with van der Waals surface area (Å²) in [4.78, 5) is 45.1. The van der Waals surface area contributed by atoms with Crippen molar-refractivity contribution < 1.29 is 24.0 Å². The average molecular weight is 372 g/mol. The maximum atomic E-state index is 12.8. The minimum absolute atomic E-state index is 0.238. The van der Waals surface area contributed by atoms with E-state index in [1.807, 2.05) is 0 Å². The molecule has 1 heterocycles. The lowest BCUT2D eigenvalue weighted by atomic mass is 9.89. The molecule has 0 unspecified atom stereocenters. The van der Waals surface area contributed by atoms with Gasteiger partial charge < -0.3 is 14.6 Å². The highest BCUT2D eigenvalue weighted by Gasteiger charge is 2.30. The molecule has 27 heavy (non-hydrogen) atoms. The first-order valence-corrected chi connectivity index (χ1v) is 9.19. The Labute approximate surface area is 157 Å². The summed E-state index contributed by atoms with van der Waals surface area (Å²) < 4.78 is 5.17. The van der Waals surface area contributed by atoms with Gasteiger partial charge in [0, 0.05) is 30.1 Å². The van der Waals surface area contributed by atoms with E-state index in [4.69, 9.17) is 9.57 Å². The quantitative estimate of drug-likeness (QED) is 0.494. The summed E-state index contributed by atoms with van der Waals surface area (Å²) in [6, 6.07) is 5.20. The summed E-state index contributed by atoms with van der Waals surface area (Å²) in [6.45, 7) is 1.48. The van der Waals surface area contributed by atoms with Crippen LogP contribution >= 0.6 is 0 Å². The molecule has 1 N–H and O–H groups in total. The minimum Gasteiger partial charge on any atom is -0.497 e. The van der Waals surface area contributed by atoms with Crippen molar-refractivity contribution in [2.24, 2.45) is 5.92 Å². The second kappa shape index (κ2) is 8.24. The third-order valence-electron chi connectivity index (χ3n) is 4.94. The standard InChI is InChI=1S/C20H24N2O5/c1-13(23)27-22(12-14-6-4-3-5-7-14)20(25)19(24)17-11-21-18-10-15(26-2)8-9-16(17)18/h8-11,14,21H,3-7,12H2,1-2H3. The fraction of sp³-hybridized carbons (Fsp3) is 0.450. The fourth-order valence-electron chi connectivity index (χ4n) is 3.57. The van der Waals surface area contributed by atoms with Gasteiger partial charge >= 0.3 is 11.9 Å². The normalized spacial score (nSPS) is 14.7. The van der Waals surface area contributed by atoms with Crippen LogP contribution in [0.5, 0.6) is 5.75 Å². The Kier molecular flexibility index (Phi) is 5.78. The number of ether oxygens (including phenoxy) is 1. The summed E-state index contributed by atoms with van der Waals surface area (Å²) in [5, 5.41) is 1.55. The van der Waals surface area contributed by atoms with Crippen LogP contribution in [0.2, 0.25) is 0 Å². The van der Waals surface area contributed by atoms with Crippen molar-refractivity contribution in [1.29, 1.82) is 0 Å². The molecule has 0 aliphatic heterocycles. The zero-order valence-corrected chi connectivity index (χ0v) is 15.6. The van der Waals surface area contributed by atoms with E-state index in [2.05, 4.69) is 4.98 Å². The smallest absolute Gasteiger partial charge is 0.329 e. The van der Waals surface area contributed by atoms with Crippen molar-refractivity contribution in [1.82, 2.24) is 10.0 Å². The monoisotopic (exact) mass is 372 g/mol. The lowest BCUT2D eigenvalue weighted by Gasteiger charge is -2.27. The topological polar surface area (TPSA) is 88.7 Å². The van der Waals surface area contributed by atoms with Crippen molar-refractivity contribution in [2.45, 2.75) is 39.0 Å². The number of rotatable bonds is 5. The molecular weight excluding hydrogens is 348 g/mol. The number of hydrogen-bond donors (Lipinski definition) is 1. The summed E-state index contributed by atoms with van der Waals surface area (Å²) >= 11 is 0. The van der Waals surface area contributed by atoms with E-state index in [0.717, 1.165) is 30.7 Å². The molecule has 0 saturated heterocycles. The summed E-state index contributed by atoms with van der Waals surface area (Å²) in [7, 11) is 1.56.